The number of nitrogens with zero attached hydrogens (tertiary/aromatic N) is 3. The summed E-state index contributed by atoms with van der Waals surface area (Å²) in [7, 11) is -3.49. The van der Waals surface area contributed by atoms with E-state index in [1.165, 1.54) is 22.3 Å². The van der Waals surface area contributed by atoms with E-state index in [9.17, 15) is 13.2 Å². The summed E-state index contributed by atoms with van der Waals surface area (Å²) in [6.07, 6.45) is 4.25. The van der Waals surface area contributed by atoms with Crippen LogP contribution in [-0.2, 0) is 14.8 Å². The molecular weight excluding hydrogens is 444 g/mol. The van der Waals surface area contributed by atoms with E-state index in [0.717, 1.165) is 37.2 Å². The molecule has 0 radical (unpaired) electrons. The van der Waals surface area contributed by atoms with Crippen molar-refractivity contribution in [1.29, 1.82) is 0 Å². The maximum atomic E-state index is 12.7. The molecule has 1 aliphatic heterocycles. The molecule has 2 aromatic rings. The van der Waals surface area contributed by atoms with Crippen molar-refractivity contribution in [2.24, 2.45) is 0 Å². The van der Waals surface area contributed by atoms with E-state index in [0.29, 0.717) is 24.2 Å². The minimum atomic E-state index is -3.49. The fourth-order valence-corrected chi connectivity index (χ4v) is 5.88. The number of hydrogen-bond donors (Lipinski definition) is 1. The molecule has 1 aliphatic rings. The van der Waals surface area contributed by atoms with E-state index in [2.05, 4.69) is 36.0 Å². The molecule has 1 saturated heterocycles. The van der Waals surface area contributed by atoms with Gasteiger partial charge in [0.15, 0.2) is 0 Å². The van der Waals surface area contributed by atoms with E-state index in [-0.39, 0.29) is 16.6 Å². The molecule has 9 heteroatoms. The van der Waals surface area contributed by atoms with Crippen molar-refractivity contribution >= 4 is 39.1 Å². The summed E-state index contributed by atoms with van der Waals surface area (Å²) in [5.74, 6) is 0.0610. The van der Waals surface area contributed by atoms with Crippen LogP contribution in [0.15, 0.2) is 52.5 Å². The quantitative estimate of drug-likeness (QED) is 0.546. The Bertz CT molecular complexity index is 987. The molecule has 1 fully saturated rings. The highest BCUT2D eigenvalue weighted by Crippen LogP contribution is 2.23. The second kappa shape index (κ2) is 11.2. The van der Waals surface area contributed by atoms with Crippen LogP contribution >= 0.6 is 11.8 Å². The number of thioether (sulfide) groups is 1. The lowest BCUT2D eigenvalue weighted by Gasteiger charge is -2.27. The van der Waals surface area contributed by atoms with E-state index in [1.54, 1.807) is 12.1 Å². The average molecular weight is 477 g/mol. The van der Waals surface area contributed by atoms with Crippen LogP contribution in [0.4, 0.5) is 11.4 Å². The summed E-state index contributed by atoms with van der Waals surface area (Å²) < 4.78 is 26.9. The Morgan fingerprint density at radius 2 is 1.81 bits per heavy atom. The van der Waals surface area contributed by atoms with Crippen molar-refractivity contribution in [2.45, 2.75) is 56.0 Å². The molecule has 1 aromatic heterocycles. The van der Waals surface area contributed by atoms with Crippen molar-refractivity contribution < 1.29 is 13.2 Å². The van der Waals surface area contributed by atoms with E-state index in [1.807, 2.05) is 24.3 Å². The summed E-state index contributed by atoms with van der Waals surface area (Å²) >= 11 is 1.28. The predicted molar refractivity (Wildman–Crippen MR) is 131 cm³/mol. The van der Waals surface area contributed by atoms with Crippen LogP contribution in [0, 0.1) is 0 Å². The van der Waals surface area contributed by atoms with Gasteiger partial charge >= 0.3 is 0 Å². The molecule has 0 saturated carbocycles. The highest BCUT2D eigenvalue weighted by molar-refractivity contribution is 7.99. The van der Waals surface area contributed by atoms with Crippen LogP contribution in [-0.4, -0.2) is 55.0 Å². The van der Waals surface area contributed by atoms with Gasteiger partial charge in [-0.3, -0.25) is 4.79 Å². The van der Waals surface area contributed by atoms with Gasteiger partial charge in [0.25, 0.3) is 0 Å². The molecule has 0 aliphatic carbocycles. The second-order valence-electron chi connectivity index (χ2n) is 8.06. The molecule has 1 amide bonds. The van der Waals surface area contributed by atoms with E-state index >= 15 is 0 Å². The first kappa shape index (κ1) is 24.5. The smallest absolute Gasteiger partial charge is 0.244 e. The van der Waals surface area contributed by atoms with Gasteiger partial charge in [-0.1, -0.05) is 18.2 Å². The normalized spacial score (nSPS) is 15.0. The highest BCUT2D eigenvalue weighted by atomic mass is 32.2. The molecule has 32 heavy (non-hydrogen) atoms. The number of rotatable bonds is 9. The maximum Gasteiger partial charge on any atom is 0.244 e. The average Bonchev–Trinajstić information content (AvgIpc) is 2.80. The summed E-state index contributed by atoms with van der Waals surface area (Å²) in [5, 5.41) is 3.51. The Morgan fingerprint density at radius 1 is 1.12 bits per heavy atom. The Morgan fingerprint density at radius 3 is 2.38 bits per heavy atom. The van der Waals surface area contributed by atoms with Crippen molar-refractivity contribution in [1.82, 2.24) is 9.29 Å². The van der Waals surface area contributed by atoms with Gasteiger partial charge in [-0.05, 0) is 70.0 Å². The number of carbonyl (C=O) groups is 1. The first-order valence-corrected chi connectivity index (χ1v) is 13.5. The molecule has 0 spiro atoms. The molecule has 0 bridgehead atoms. The van der Waals surface area contributed by atoms with Gasteiger partial charge in [-0.15, -0.1) is 0 Å². The maximum absolute atomic E-state index is 12.7. The van der Waals surface area contributed by atoms with E-state index in [4.69, 9.17) is 0 Å². The number of hydrogen-bond acceptors (Lipinski definition) is 6. The standard InChI is InChI=1S/C23H32N4O3S2/c1-4-27(18(2)3)20-10-8-19(9-11-20)25-22(28)17-31-23-13-12-21(16-24-23)32(29,30)26-14-6-5-7-15-26/h8-13,16,18H,4-7,14-15,17H2,1-3H3,(H,25,28). The minimum absolute atomic E-state index is 0.134. The van der Waals surface area contributed by atoms with Crippen molar-refractivity contribution in [2.75, 3.05) is 35.6 Å². The Hall–Kier alpha value is -2.10. The summed E-state index contributed by atoms with van der Waals surface area (Å²) in [4.78, 5) is 19.1. The van der Waals surface area contributed by atoms with Crippen molar-refractivity contribution in [3.63, 3.8) is 0 Å². The second-order valence-corrected chi connectivity index (χ2v) is 11.0. The summed E-state index contributed by atoms with van der Waals surface area (Å²) in [6.45, 7) is 8.48. The van der Waals surface area contributed by atoms with Crippen molar-refractivity contribution in [3.8, 4) is 0 Å². The number of benzene rings is 1. The zero-order valence-corrected chi connectivity index (χ0v) is 20.6. The zero-order valence-electron chi connectivity index (χ0n) is 19.0. The monoisotopic (exact) mass is 476 g/mol. The minimum Gasteiger partial charge on any atom is -0.369 e. The van der Waals surface area contributed by atoms with Crippen LogP contribution in [0.3, 0.4) is 0 Å². The fraction of sp³-hybridized carbons (Fsp3) is 0.478. The lowest BCUT2D eigenvalue weighted by Crippen LogP contribution is -2.35. The van der Waals surface area contributed by atoms with Crippen LogP contribution in [0.2, 0.25) is 0 Å². The Labute approximate surface area is 195 Å². The van der Waals surface area contributed by atoms with Crippen LogP contribution in [0.5, 0.6) is 0 Å². The highest BCUT2D eigenvalue weighted by Gasteiger charge is 2.26. The van der Waals surface area contributed by atoms with Crippen LogP contribution in [0.25, 0.3) is 0 Å². The first-order chi connectivity index (χ1) is 15.3. The number of carbonyl (C=O) groups excluding carboxylic acids is 1. The Balaban J connectivity index is 1.52. The van der Waals surface area contributed by atoms with Crippen molar-refractivity contribution in [3.05, 3.63) is 42.6 Å². The first-order valence-electron chi connectivity index (χ1n) is 11.1. The number of nitrogens with one attached hydrogen (secondary N) is 1. The lowest BCUT2D eigenvalue weighted by molar-refractivity contribution is -0.113. The van der Waals surface area contributed by atoms with Crippen LogP contribution in [0.1, 0.15) is 40.0 Å². The number of sulfonamides is 1. The number of anilines is 2. The molecule has 2 heterocycles. The lowest BCUT2D eigenvalue weighted by atomic mass is 10.2. The summed E-state index contributed by atoms with van der Waals surface area (Å²) in [5.41, 5.74) is 1.87. The number of aromatic nitrogens is 1. The molecule has 174 valence electrons. The van der Waals surface area contributed by atoms with Crippen LogP contribution < -0.4 is 10.2 Å². The molecule has 7 nitrogen and oxygen atoms in total. The fourth-order valence-electron chi connectivity index (χ4n) is 3.78. The summed E-state index contributed by atoms with van der Waals surface area (Å²) in [6, 6.07) is 11.5. The third kappa shape index (κ3) is 6.24. The third-order valence-corrected chi connectivity index (χ3v) is 8.29. The molecule has 0 atom stereocenters. The zero-order chi connectivity index (χ0) is 23.1. The van der Waals surface area contributed by atoms with Gasteiger partial charge in [0.2, 0.25) is 15.9 Å². The van der Waals surface area contributed by atoms with Gasteiger partial charge in [0.1, 0.15) is 4.90 Å². The Kier molecular flexibility index (Phi) is 8.56. The topological polar surface area (TPSA) is 82.6 Å². The molecular formula is C23H32N4O3S2. The van der Waals surface area contributed by atoms with Gasteiger partial charge in [0.05, 0.1) is 10.8 Å². The largest absolute Gasteiger partial charge is 0.369 e. The number of pyridine rings is 1. The SMILES string of the molecule is CCN(c1ccc(NC(=O)CSc2ccc(S(=O)(=O)N3CCCCC3)cn2)cc1)C(C)C. The molecule has 3 rings (SSSR count). The molecule has 0 unspecified atom stereocenters. The third-order valence-electron chi connectivity index (χ3n) is 5.46. The van der Waals surface area contributed by atoms with E-state index < -0.39 is 10.0 Å². The molecule has 1 N–H and O–H groups in total. The van der Waals surface area contributed by atoms with Gasteiger partial charge in [0, 0.05) is 43.2 Å². The van der Waals surface area contributed by atoms with Gasteiger partial charge in [-0.25, -0.2) is 13.4 Å². The van der Waals surface area contributed by atoms with Gasteiger partial charge < -0.3 is 10.2 Å². The number of piperidine rings is 1. The number of amides is 1. The predicted octanol–water partition coefficient (Wildman–Crippen LogP) is 4.22. The van der Waals surface area contributed by atoms with Gasteiger partial charge in [-0.2, -0.15) is 4.31 Å². The molecule has 1 aromatic carbocycles.